The van der Waals surface area contributed by atoms with E-state index in [1.807, 2.05) is 29.2 Å². The number of ether oxygens (including phenoxy) is 2. The SMILES string of the molecule is COc1cc2c(cc1OC)[C@H](c1ccccc1)N(C(=O)CSc1nnc(C3CC3)n1C1CC1)CC2. The lowest BCUT2D eigenvalue weighted by Crippen LogP contribution is -2.41. The summed E-state index contributed by atoms with van der Waals surface area (Å²) in [4.78, 5) is 15.7. The van der Waals surface area contributed by atoms with Crippen molar-refractivity contribution in [2.75, 3.05) is 26.5 Å². The average Bonchev–Trinajstić information content (AvgIpc) is 3.84. The van der Waals surface area contributed by atoms with Gasteiger partial charge in [0.05, 0.1) is 26.0 Å². The predicted molar refractivity (Wildman–Crippen MR) is 134 cm³/mol. The Bertz CT molecular complexity index is 1240. The number of amides is 1. The first kappa shape index (κ1) is 22.5. The van der Waals surface area contributed by atoms with E-state index in [4.69, 9.17) is 9.47 Å². The minimum Gasteiger partial charge on any atom is -0.493 e. The van der Waals surface area contributed by atoms with Gasteiger partial charge in [-0.2, -0.15) is 0 Å². The molecule has 35 heavy (non-hydrogen) atoms. The maximum atomic E-state index is 13.7. The van der Waals surface area contributed by atoms with Gasteiger partial charge in [0.25, 0.3) is 0 Å². The fourth-order valence-corrected chi connectivity index (χ4v) is 6.00. The highest BCUT2D eigenvalue weighted by Crippen LogP contribution is 2.46. The van der Waals surface area contributed by atoms with E-state index in [-0.39, 0.29) is 11.9 Å². The van der Waals surface area contributed by atoms with Crippen molar-refractivity contribution in [1.82, 2.24) is 19.7 Å². The molecule has 2 heterocycles. The van der Waals surface area contributed by atoms with Crippen molar-refractivity contribution in [1.29, 1.82) is 0 Å². The van der Waals surface area contributed by atoms with Crippen molar-refractivity contribution in [3.05, 3.63) is 65.0 Å². The lowest BCUT2D eigenvalue weighted by Gasteiger charge is -2.38. The molecule has 7 nitrogen and oxygen atoms in total. The van der Waals surface area contributed by atoms with E-state index in [9.17, 15) is 4.79 Å². The van der Waals surface area contributed by atoms with Gasteiger partial charge in [0, 0.05) is 18.5 Å². The number of hydrogen-bond acceptors (Lipinski definition) is 6. The van der Waals surface area contributed by atoms with Crippen LogP contribution in [0.5, 0.6) is 11.5 Å². The van der Waals surface area contributed by atoms with Crippen LogP contribution in [0.15, 0.2) is 47.6 Å². The van der Waals surface area contributed by atoms with E-state index in [1.54, 1.807) is 14.2 Å². The van der Waals surface area contributed by atoms with Crippen molar-refractivity contribution in [2.45, 2.75) is 55.3 Å². The summed E-state index contributed by atoms with van der Waals surface area (Å²) in [6.45, 7) is 0.657. The molecule has 0 spiro atoms. The third-order valence-electron chi connectivity index (χ3n) is 7.18. The summed E-state index contributed by atoms with van der Waals surface area (Å²) in [7, 11) is 3.31. The molecule has 2 aliphatic carbocycles. The normalized spacial score (nSPS) is 19.4. The molecule has 3 aliphatic rings. The Labute approximate surface area is 209 Å². The van der Waals surface area contributed by atoms with Gasteiger partial charge in [-0.05, 0) is 60.9 Å². The van der Waals surface area contributed by atoms with Crippen LogP contribution in [-0.4, -0.2) is 52.1 Å². The van der Waals surface area contributed by atoms with E-state index in [2.05, 4.69) is 33.0 Å². The van der Waals surface area contributed by atoms with Crippen LogP contribution < -0.4 is 9.47 Å². The fraction of sp³-hybridized carbons (Fsp3) is 0.444. The van der Waals surface area contributed by atoms with Crippen LogP contribution in [0.3, 0.4) is 0 Å². The van der Waals surface area contributed by atoms with Crippen LogP contribution in [0.1, 0.15) is 66.2 Å². The van der Waals surface area contributed by atoms with Crippen molar-refractivity contribution in [3.8, 4) is 11.5 Å². The highest BCUT2D eigenvalue weighted by Gasteiger charge is 2.37. The molecule has 0 saturated heterocycles. The van der Waals surface area contributed by atoms with Gasteiger partial charge >= 0.3 is 0 Å². The molecule has 3 aromatic rings. The first-order chi connectivity index (χ1) is 17.2. The van der Waals surface area contributed by atoms with Gasteiger partial charge in [0.2, 0.25) is 5.91 Å². The summed E-state index contributed by atoms with van der Waals surface area (Å²) < 4.78 is 13.5. The van der Waals surface area contributed by atoms with Gasteiger partial charge in [-0.25, -0.2) is 0 Å². The number of fused-ring (bicyclic) bond motifs is 1. The van der Waals surface area contributed by atoms with E-state index >= 15 is 0 Å². The van der Waals surface area contributed by atoms with Crippen molar-refractivity contribution < 1.29 is 14.3 Å². The zero-order chi connectivity index (χ0) is 23.9. The highest BCUT2D eigenvalue weighted by molar-refractivity contribution is 7.99. The molecule has 8 heteroatoms. The molecule has 0 bridgehead atoms. The van der Waals surface area contributed by atoms with Crippen molar-refractivity contribution in [3.63, 3.8) is 0 Å². The molecule has 6 rings (SSSR count). The number of hydrogen-bond donors (Lipinski definition) is 0. The zero-order valence-corrected chi connectivity index (χ0v) is 21.0. The van der Waals surface area contributed by atoms with Gasteiger partial charge in [0.1, 0.15) is 5.82 Å². The van der Waals surface area contributed by atoms with Gasteiger partial charge in [0.15, 0.2) is 16.7 Å². The summed E-state index contributed by atoms with van der Waals surface area (Å²) in [5, 5.41) is 9.88. The van der Waals surface area contributed by atoms with Gasteiger partial charge in [-0.3, -0.25) is 4.79 Å². The highest BCUT2D eigenvalue weighted by atomic mass is 32.2. The fourth-order valence-electron chi connectivity index (χ4n) is 5.10. The lowest BCUT2D eigenvalue weighted by molar-refractivity contribution is -0.130. The second-order valence-corrected chi connectivity index (χ2v) is 10.5. The number of rotatable bonds is 8. The number of carbonyl (C=O) groups is 1. The number of benzene rings is 2. The molecule has 1 atom stereocenters. The van der Waals surface area contributed by atoms with Crippen molar-refractivity contribution in [2.24, 2.45) is 0 Å². The molecule has 1 amide bonds. The van der Waals surface area contributed by atoms with E-state index < -0.39 is 0 Å². The van der Waals surface area contributed by atoms with E-state index in [1.165, 1.54) is 43.0 Å². The second-order valence-electron chi connectivity index (χ2n) is 9.56. The number of aromatic nitrogens is 3. The molecule has 2 fully saturated rings. The molecule has 2 aromatic carbocycles. The standard InChI is InChI=1S/C27H30N4O3S/c1-33-22-14-19-12-13-30(25(17-6-4-3-5-7-17)21(19)15-23(22)34-2)24(32)16-35-27-29-28-26(18-8-9-18)31(27)20-10-11-20/h3-7,14-15,18,20,25H,8-13,16H2,1-2H3/t25-/m0/s1. The van der Waals surface area contributed by atoms with E-state index in [0.29, 0.717) is 30.0 Å². The van der Waals surface area contributed by atoms with Crippen LogP contribution in [0.4, 0.5) is 0 Å². The summed E-state index contributed by atoms with van der Waals surface area (Å²) in [5.74, 6) is 3.54. The predicted octanol–water partition coefficient (Wildman–Crippen LogP) is 4.77. The van der Waals surface area contributed by atoms with Crippen LogP contribution in [0.25, 0.3) is 0 Å². The number of carbonyl (C=O) groups excluding carboxylic acids is 1. The summed E-state index contributed by atoms with van der Waals surface area (Å²) in [5.41, 5.74) is 3.38. The largest absolute Gasteiger partial charge is 0.493 e. The molecular formula is C27H30N4O3S. The Kier molecular flexibility index (Phi) is 5.92. The molecule has 0 unspecified atom stereocenters. The van der Waals surface area contributed by atoms with Crippen LogP contribution in [0.2, 0.25) is 0 Å². The first-order valence-electron chi connectivity index (χ1n) is 12.3. The first-order valence-corrected chi connectivity index (χ1v) is 13.3. The summed E-state index contributed by atoms with van der Waals surface area (Å²) in [6.07, 6.45) is 5.55. The number of thioether (sulfide) groups is 1. The summed E-state index contributed by atoms with van der Waals surface area (Å²) >= 11 is 1.53. The van der Waals surface area contributed by atoms with Gasteiger partial charge in [-0.15, -0.1) is 10.2 Å². The Morgan fingerprint density at radius 3 is 2.46 bits per heavy atom. The quantitative estimate of drug-likeness (QED) is 0.424. The van der Waals surface area contributed by atoms with Gasteiger partial charge in [-0.1, -0.05) is 42.1 Å². The minimum atomic E-state index is -0.170. The Hall–Kier alpha value is -3.00. The van der Waals surface area contributed by atoms with Gasteiger partial charge < -0.3 is 18.9 Å². The monoisotopic (exact) mass is 490 g/mol. The Morgan fingerprint density at radius 1 is 1.03 bits per heavy atom. The smallest absolute Gasteiger partial charge is 0.233 e. The maximum Gasteiger partial charge on any atom is 0.233 e. The summed E-state index contributed by atoms with van der Waals surface area (Å²) in [6, 6.07) is 14.7. The molecule has 182 valence electrons. The molecule has 1 aromatic heterocycles. The molecular weight excluding hydrogens is 460 g/mol. The van der Waals surface area contributed by atoms with Crippen LogP contribution in [0, 0.1) is 0 Å². The second kappa shape index (κ2) is 9.22. The van der Waals surface area contributed by atoms with Crippen LogP contribution in [-0.2, 0) is 11.2 Å². The topological polar surface area (TPSA) is 69.5 Å². The van der Waals surface area contributed by atoms with E-state index in [0.717, 1.165) is 34.3 Å². The lowest BCUT2D eigenvalue weighted by atomic mass is 9.87. The average molecular weight is 491 g/mol. The Balaban J connectivity index is 1.28. The Morgan fingerprint density at radius 2 is 1.77 bits per heavy atom. The number of nitrogens with zero attached hydrogens (tertiary/aromatic N) is 4. The zero-order valence-electron chi connectivity index (χ0n) is 20.1. The maximum absolute atomic E-state index is 13.7. The minimum absolute atomic E-state index is 0.114. The third-order valence-corrected chi connectivity index (χ3v) is 8.11. The van der Waals surface area contributed by atoms with Crippen LogP contribution >= 0.6 is 11.8 Å². The molecule has 0 radical (unpaired) electrons. The molecule has 1 aliphatic heterocycles. The molecule has 2 saturated carbocycles. The van der Waals surface area contributed by atoms with Crippen molar-refractivity contribution >= 4 is 17.7 Å². The molecule has 0 N–H and O–H groups in total. The third kappa shape index (κ3) is 4.29. The number of methoxy groups -OCH3 is 2.